The van der Waals surface area contributed by atoms with Crippen molar-refractivity contribution in [2.75, 3.05) is 6.61 Å². The molecule has 96 valence electrons. The lowest BCUT2D eigenvalue weighted by molar-refractivity contribution is -0.145. The molecule has 1 aromatic rings. The van der Waals surface area contributed by atoms with Gasteiger partial charge in [-0.15, -0.1) is 0 Å². The van der Waals surface area contributed by atoms with E-state index in [9.17, 15) is 9.90 Å². The fourth-order valence-corrected chi connectivity index (χ4v) is 3.27. The van der Waals surface area contributed by atoms with Crippen LogP contribution < -0.4 is 4.74 Å². The third-order valence-corrected chi connectivity index (χ3v) is 4.36. The van der Waals surface area contributed by atoms with Gasteiger partial charge < -0.3 is 9.84 Å². The van der Waals surface area contributed by atoms with Gasteiger partial charge in [-0.25, -0.2) is 0 Å². The summed E-state index contributed by atoms with van der Waals surface area (Å²) in [5, 5.41) is 9.66. The third-order valence-electron chi connectivity index (χ3n) is 4.36. The molecule has 1 aliphatic carbocycles. The summed E-state index contributed by atoms with van der Waals surface area (Å²) in [6.07, 6.45) is 5.62. The predicted octanol–water partition coefficient (Wildman–Crippen LogP) is 2.91. The number of carboxylic acid groups (broad SMARTS) is 1. The molecule has 3 heteroatoms. The second-order valence-electron chi connectivity index (χ2n) is 5.37. The minimum Gasteiger partial charge on any atom is -0.493 e. The van der Waals surface area contributed by atoms with Gasteiger partial charge in [-0.2, -0.15) is 0 Å². The zero-order valence-corrected chi connectivity index (χ0v) is 10.4. The van der Waals surface area contributed by atoms with E-state index < -0.39 is 11.4 Å². The number of benzene rings is 1. The lowest BCUT2D eigenvalue weighted by atomic mass is 9.69. The summed E-state index contributed by atoms with van der Waals surface area (Å²) < 4.78 is 5.49. The largest absolute Gasteiger partial charge is 0.493 e. The highest BCUT2D eigenvalue weighted by molar-refractivity contribution is 5.81. The highest BCUT2D eigenvalue weighted by atomic mass is 16.5. The number of aliphatic carboxylic acids is 1. The van der Waals surface area contributed by atoms with E-state index in [1.807, 2.05) is 12.1 Å². The number of hydrogen-bond acceptors (Lipinski definition) is 2. The van der Waals surface area contributed by atoms with Crippen LogP contribution >= 0.6 is 0 Å². The minimum absolute atomic E-state index is 0.657. The minimum atomic E-state index is -0.666. The number of hydrogen-bond donors (Lipinski definition) is 1. The normalized spacial score (nSPS) is 21.1. The van der Waals surface area contributed by atoms with E-state index in [0.29, 0.717) is 0 Å². The molecule has 3 nitrogen and oxygen atoms in total. The molecule has 1 heterocycles. The van der Waals surface area contributed by atoms with Gasteiger partial charge >= 0.3 is 5.97 Å². The number of carbonyl (C=O) groups is 1. The van der Waals surface area contributed by atoms with Gasteiger partial charge in [0, 0.05) is 6.42 Å². The Hall–Kier alpha value is -1.51. The van der Waals surface area contributed by atoms with E-state index in [4.69, 9.17) is 4.74 Å². The lowest BCUT2D eigenvalue weighted by Crippen LogP contribution is -2.37. The molecule has 0 bridgehead atoms. The lowest BCUT2D eigenvalue weighted by Gasteiger charge is -2.33. The maximum Gasteiger partial charge on any atom is 0.314 e. The first-order chi connectivity index (χ1) is 8.72. The molecule has 1 N–H and O–H groups in total. The van der Waals surface area contributed by atoms with Crippen LogP contribution in [0, 0.1) is 0 Å². The topological polar surface area (TPSA) is 46.5 Å². The fraction of sp³-hybridized carbons (Fsp3) is 0.533. The molecule has 0 unspecified atom stereocenters. The second kappa shape index (κ2) is 4.30. The molecular formula is C15H18O3. The predicted molar refractivity (Wildman–Crippen MR) is 68.0 cm³/mol. The van der Waals surface area contributed by atoms with Crippen LogP contribution in [0.15, 0.2) is 18.2 Å². The zero-order chi connectivity index (χ0) is 12.6. The summed E-state index contributed by atoms with van der Waals surface area (Å²) in [5.41, 5.74) is 1.48. The molecule has 0 saturated heterocycles. The summed E-state index contributed by atoms with van der Waals surface area (Å²) in [7, 11) is 0. The van der Waals surface area contributed by atoms with E-state index in [1.54, 1.807) is 0 Å². The SMILES string of the molecule is O=C(O)C1(c2ccc3c(c2)CCO3)CCCCC1. The van der Waals surface area contributed by atoms with Gasteiger partial charge in [-0.05, 0) is 30.0 Å². The molecule has 18 heavy (non-hydrogen) atoms. The number of rotatable bonds is 2. The van der Waals surface area contributed by atoms with Crippen LogP contribution in [0.25, 0.3) is 0 Å². The molecule has 1 aliphatic heterocycles. The van der Waals surface area contributed by atoms with Crippen molar-refractivity contribution in [1.29, 1.82) is 0 Å². The smallest absolute Gasteiger partial charge is 0.314 e. The fourth-order valence-electron chi connectivity index (χ4n) is 3.27. The van der Waals surface area contributed by atoms with Crippen molar-refractivity contribution in [3.05, 3.63) is 29.3 Å². The Morgan fingerprint density at radius 1 is 1.22 bits per heavy atom. The van der Waals surface area contributed by atoms with Gasteiger partial charge in [0.25, 0.3) is 0 Å². The highest BCUT2D eigenvalue weighted by Gasteiger charge is 2.41. The molecule has 0 aromatic heterocycles. The molecule has 0 radical (unpaired) electrons. The molecule has 0 atom stereocenters. The summed E-state index contributed by atoms with van der Waals surface area (Å²) in [6.45, 7) is 0.721. The first-order valence-electron chi connectivity index (χ1n) is 6.72. The summed E-state index contributed by atoms with van der Waals surface area (Å²) in [4.78, 5) is 11.7. The zero-order valence-electron chi connectivity index (χ0n) is 10.4. The van der Waals surface area contributed by atoms with Crippen molar-refractivity contribution < 1.29 is 14.6 Å². The Bertz CT molecular complexity index is 473. The van der Waals surface area contributed by atoms with Gasteiger partial charge in [-0.1, -0.05) is 31.4 Å². The molecule has 0 amide bonds. The number of fused-ring (bicyclic) bond motifs is 1. The quantitative estimate of drug-likeness (QED) is 0.872. The van der Waals surface area contributed by atoms with Crippen molar-refractivity contribution in [1.82, 2.24) is 0 Å². The van der Waals surface area contributed by atoms with E-state index >= 15 is 0 Å². The second-order valence-corrected chi connectivity index (χ2v) is 5.37. The van der Waals surface area contributed by atoms with Crippen LogP contribution in [0.2, 0.25) is 0 Å². The summed E-state index contributed by atoms with van der Waals surface area (Å²) >= 11 is 0. The molecule has 0 spiro atoms. The Balaban J connectivity index is 2.02. The van der Waals surface area contributed by atoms with E-state index in [0.717, 1.165) is 56.4 Å². The molecule has 1 fully saturated rings. The van der Waals surface area contributed by atoms with Crippen molar-refractivity contribution in [3.8, 4) is 5.75 Å². The van der Waals surface area contributed by atoms with Crippen LogP contribution in [-0.4, -0.2) is 17.7 Å². The van der Waals surface area contributed by atoms with Crippen LogP contribution in [-0.2, 0) is 16.6 Å². The molecule has 1 saturated carbocycles. The number of carboxylic acids is 1. The monoisotopic (exact) mass is 246 g/mol. The Morgan fingerprint density at radius 3 is 2.72 bits per heavy atom. The van der Waals surface area contributed by atoms with Crippen molar-refractivity contribution in [3.63, 3.8) is 0 Å². The Labute approximate surface area is 107 Å². The standard InChI is InChI=1S/C15H18O3/c16-14(17)15(7-2-1-3-8-15)12-4-5-13-11(10-12)6-9-18-13/h4-5,10H,1-3,6-9H2,(H,16,17). The van der Waals surface area contributed by atoms with Crippen LogP contribution in [0.4, 0.5) is 0 Å². The molecule has 3 rings (SSSR count). The van der Waals surface area contributed by atoms with Crippen LogP contribution in [0.1, 0.15) is 43.2 Å². The third kappa shape index (κ3) is 1.69. The number of ether oxygens (including phenoxy) is 1. The van der Waals surface area contributed by atoms with Crippen LogP contribution in [0.3, 0.4) is 0 Å². The maximum atomic E-state index is 11.7. The maximum absolute atomic E-state index is 11.7. The summed E-state index contributed by atoms with van der Waals surface area (Å²) in [5.74, 6) is 0.260. The Kier molecular flexibility index (Phi) is 2.77. The summed E-state index contributed by atoms with van der Waals surface area (Å²) in [6, 6.07) is 5.95. The first-order valence-corrected chi connectivity index (χ1v) is 6.72. The van der Waals surface area contributed by atoms with Gasteiger partial charge in [0.2, 0.25) is 0 Å². The van der Waals surface area contributed by atoms with Crippen molar-refractivity contribution in [2.45, 2.75) is 43.9 Å². The molecule has 1 aromatic carbocycles. The van der Waals surface area contributed by atoms with Gasteiger partial charge in [0.1, 0.15) is 5.75 Å². The van der Waals surface area contributed by atoms with E-state index in [-0.39, 0.29) is 0 Å². The van der Waals surface area contributed by atoms with Gasteiger partial charge in [0.15, 0.2) is 0 Å². The highest BCUT2D eigenvalue weighted by Crippen LogP contribution is 2.41. The average molecular weight is 246 g/mol. The molecule has 2 aliphatic rings. The van der Waals surface area contributed by atoms with Crippen molar-refractivity contribution in [2.24, 2.45) is 0 Å². The average Bonchev–Trinajstić information content (AvgIpc) is 2.86. The van der Waals surface area contributed by atoms with Crippen molar-refractivity contribution >= 4 is 5.97 Å². The Morgan fingerprint density at radius 2 is 2.00 bits per heavy atom. The van der Waals surface area contributed by atoms with E-state index in [1.165, 1.54) is 5.56 Å². The van der Waals surface area contributed by atoms with Gasteiger partial charge in [-0.3, -0.25) is 4.79 Å². The van der Waals surface area contributed by atoms with Crippen LogP contribution in [0.5, 0.6) is 5.75 Å². The van der Waals surface area contributed by atoms with Gasteiger partial charge in [0.05, 0.1) is 12.0 Å². The molecular weight excluding hydrogens is 228 g/mol. The first kappa shape index (κ1) is 11.6. The van der Waals surface area contributed by atoms with E-state index in [2.05, 4.69) is 6.07 Å².